The maximum atomic E-state index is 10.8. The van der Waals surface area contributed by atoms with Crippen LogP contribution in [0.2, 0.25) is 0 Å². The molecule has 0 bridgehead atoms. The average Bonchev–Trinajstić information content (AvgIpc) is 2.53. The summed E-state index contributed by atoms with van der Waals surface area (Å²) < 4.78 is 0. The predicted molar refractivity (Wildman–Crippen MR) is 85.4 cm³/mol. The molecule has 2 rings (SSSR count). The van der Waals surface area contributed by atoms with Crippen molar-refractivity contribution >= 4 is 5.97 Å². The van der Waals surface area contributed by atoms with E-state index in [0.29, 0.717) is 12.3 Å². The minimum Gasteiger partial charge on any atom is -0.478 e. The molecule has 1 N–H and O–H groups in total. The van der Waals surface area contributed by atoms with Gasteiger partial charge < -0.3 is 5.11 Å². The second-order valence-electron chi connectivity index (χ2n) is 5.17. The van der Waals surface area contributed by atoms with Crippen molar-refractivity contribution in [3.63, 3.8) is 0 Å². The summed E-state index contributed by atoms with van der Waals surface area (Å²) in [7, 11) is 0. The van der Waals surface area contributed by atoms with Crippen LogP contribution in [0.5, 0.6) is 0 Å². The SMILES string of the molecule is C=C(CCCC(c1ccccc1)c1ccccc1)C(=O)O. The first kappa shape index (κ1) is 15.0. The Morgan fingerprint density at radius 2 is 1.43 bits per heavy atom. The van der Waals surface area contributed by atoms with Crippen LogP contribution in [0, 0.1) is 0 Å². The summed E-state index contributed by atoms with van der Waals surface area (Å²) in [5, 5.41) is 8.88. The lowest BCUT2D eigenvalue weighted by Crippen LogP contribution is -2.03. The van der Waals surface area contributed by atoms with Crippen molar-refractivity contribution < 1.29 is 9.90 Å². The smallest absolute Gasteiger partial charge is 0.330 e. The van der Waals surface area contributed by atoms with Gasteiger partial charge >= 0.3 is 5.97 Å². The lowest BCUT2D eigenvalue weighted by atomic mass is 9.86. The van der Waals surface area contributed by atoms with Crippen molar-refractivity contribution in [3.05, 3.63) is 83.9 Å². The lowest BCUT2D eigenvalue weighted by Gasteiger charge is -2.18. The molecule has 0 aliphatic heterocycles. The third-order valence-corrected chi connectivity index (χ3v) is 3.68. The molecule has 0 aliphatic carbocycles. The van der Waals surface area contributed by atoms with Gasteiger partial charge in [-0.25, -0.2) is 4.79 Å². The maximum Gasteiger partial charge on any atom is 0.330 e. The molecule has 2 nitrogen and oxygen atoms in total. The van der Waals surface area contributed by atoms with Crippen LogP contribution < -0.4 is 0 Å². The van der Waals surface area contributed by atoms with E-state index in [-0.39, 0.29) is 5.57 Å². The molecule has 2 aromatic carbocycles. The van der Waals surface area contributed by atoms with Crippen molar-refractivity contribution in [2.45, 2.75) is 25.2 Å². The van der Waals surface area contributed by atoms with Gasteiger partial charge in [0.1, 0.15) is 0 Å². The van der Waals surface area contributed by atoms with E-state index in [1.54, 1.807) is 0 Å². The summed E-state index contributed by atoms with van der Waals surface area (Å²) >= 11 is 0. The third kappa shape index (κ3) is 4.32. The Balaban J connectivity index is 2.10. The van der Waals surface area contributed by atoms with E-state index in [4.69, 9.17) is 5.11 Å². The summed E-state index contributed by atoms with van der Waals surface area (Å²) in [6, 6.07) is 20.7. The Morgan fingerprint density at radius 3 is 1.86 bits per heavy atom. The minimum atomic E-state index is -0.897. The van der Waals surface area contributed by atoms with Crippen LogP contribution in [0.1, 0.15) is 36.3 Å². The van der Waals surface area contributed by atoms with E-state index in [1.165, 1.54) is 11.1 Å². The van der Waals surface area contributed by atoms with Crippen LogP contribution in [0.25, 0.3) is 0 Å². The fourth-order valence-corrected chi connectivity index (χ4v) is 2.52. The molecule has 0 aliphatic rings. The highest BCUT2D eigenvalue weighted by atomic mass is 16.4. The van der Waals surface area contributed by atoms with Gasteiger partial charge in [0.05, 0.1) is 0 Å². The third-order valence-electron chi connectivity index (χ3n) is 3.68. The molecule has 0 atom stereocenters. The van der Waals surface area contributed by atoms with Gasteiger partial charge in [-0.2, -0.15) is 0 Å². The van der Waals surface area contributed by atoms with Crippen LogP contribution >= 0.6 is 0 Å². The average molecular weight is 280 g/mol. The molecular weight excluding hydrogens is 260 g/mol. The van der Waals surface area contributed by atoms with Gasteiger partial charge in [0, 0.05) is 11.5 Å². The zero-order valence-electron chi connectivity index (χ0n) is 12.0. The minimum absolute atomic E-state index is 0.287. The largest absolute Gasteiger partial charge is 0.478 e. The fourth-order valence-electron chi connectivity index (χ4n) is 2.52. The van der Waals surface area contributed by atoms with E-state index in [1.807, 2.05) is 36.4 Å². The van der Waals surface area contributed by atoms with Crippen LogP contribution in [-0.4, -0.2) is 11.1 Å². The highest BCUT2D eigenvalue weighted by Gasteiger charge is 2.14. The Labute approximate surface area is 125 Å². The fraction of sp³-hybridized carbons (Fsp3) is 0.211. The van der Waals surface area contributed by atoms with Gasteiger partial charge in [-0.1, -0.05) is 67.2 Å². The first-order valence-corrected chi connectivity index (χ1v) is 7.19. The highest BCUT2D eigenvalue weighted by Crippen LogP contribution is 2.30. The molecule has 0 amide bonds. The van der Waals surface area contributed by atoms with Crippen LogP contribution in [0.15, 0.2) is 72.8 Å². The molecule has 2 aromatic rings. The number of carboxylic acid groups (broad SMARTS) is 1. The van der Waals surface area contributed by atoms with Gasteiger partial charge in [0.15, 0.2) is 0 Å². The summed E-state index contributed by atoms with van der Waals surface area (Å²) in [5.74, 6) is -0.597. The molecule has 0 aromatic heterocycles. The topological polar surface area (TPSA) is 37.3 Å². The number of carboxylic acids is 1. The Kier molecular flexibility index (Phi) is 5.33. The van der Waals surface area contributed by atoms with Crippen molar-refractivity contribution in [1.82, 2.24) is 0 Å². The van der Waals surface area contributed by atoms with Crippen molar-refractivity contribution in [1.29, 1.82) is 0 Å². The highest BCUT2D eigenvalue weighted by molar-refractivity contribution is 5.85. The normalized spacial score (nSPS) is 10.5. The van der Waals surface area contributed by atoms with Crippen molar-refractivity contribution in [2.75, 3.05) is 0 Å². The molecule has 21 heavy (non-hydrogen) atoms. The molecule has 0 radical (unpaired) electrons. The molecule has 2 heteroatoms. The maximum absolute atomic E-state index is 10.8. The predicted octanol–water partition coefficient (Wildman–Crippen LogP) is 4.63. The number of aliphatic carboxylic acids is 1. The van der Waals surface area contributed by atoms with Gasteiger partial charge in [0.2, 0.25) is 0 Å². The first-order chi connectivity index (χ1) is 10.2. The van der Waals surface area contributed by atoms with Gasteiger partial charge in [-0.15, -0.1) is 0 Å². The monoisotopic (exact) mass is 280 g/mol. The molecule has 0 saturated heterocycles. The van der Waals surface area contributed by atoms with E-state index < -0.39 is 5.97 Å². The zero-order chi connectivity index (χ0) is 15.1. The molecule has 0 heterocycles. The second kappa shape index (κ2) is 7.44. The molecule has 0 spiro atoms. The number of rotatable bonds is 7. The summed E-state index contributed by atoms with van der Waals surface area (Å²) in [5.41, 5.74) is 2.82. The molecular formula is C19H20O2. The summed E-state index contributed by atoms with van der Waals surface area (Å²) in [6.07, 6.45) is 2.27. The van der Waals surface area contributed by atoms with Crippen LogP contribution in [0.3, 0.4) is 0 Å². The number of carbonyl (C=O) groups is 1. The van der Waals surface area contributed by atoms with Crippen LogP contribution in [0.4, 0.5) is 0 Å². The Bertz CT molecular complexity index is 548. The van der Waals surface area contributed by atoms with E-state index in [0.717, 1.165) is 12.8 Å². The second-order valence-corrected chi connectivity index (χ2v) is 5.17. The molecule has 0 fully saturated rings. The zero-order valence-corrected chi connectivity index (χ0v) is 12.0. The Hall–Kier alpha value is -2.35. The van der Waals surface area contributed by atoms with Crippen molar-refractivity contribution in [2.24, 2.45) is 0 Å². The van der Waals surface area contributed by atoms with Crippen molar-refractivity contribution in [3.8, 4) is 0 Å². The van der Waals surface area contributed by atoms with Gasteiger partial charge in [-0.05, 0) is 30.4 Å². The molecule has 0 unspecified atom stereocenters. The lowest BCUT2D eigenvalue weighted by molar-refractivity contribution is -0.132. The van der Waals surface area contributed by atoms with Gasteiger partial charge in [-0.3, -0.25) is 0 Å². The van der Waals surface area contributed by atoms with Crippen LogP contribution in [-0.2, 0) is 4.79 Å². The quantitative estimate of drug-likeness (QED) is 0.751. The van der Waals surface area contributed by atoms with Gasteiger partial charge in [0.25, 0.3) is 0 Å². The number of benzene rings is 2. The molecule has 108 valence electrons. The summed E-state index contributed by atoms with van der Waals surface area (Å²) in [6.45, 7) is 3.60. The number of hydrogen-bond acceptors (Lipinski definition) is 1. The number of hydrogen-bond donors (Lipinski definition) is 1. The Morgan fingerprint density at radius 1 is 0.952 bits per heavy atom. The summed E-state index contributed by atoms with van der Waals surface area (Å²) in [4.78, 5) is 10.8. The van der Waals surface area contributed by atoms with E-state index >= 15 is 0 Å². The van der Waals surface area contributed by atoms with E-state index in [2.05, 4.69) is 30.8 Å². The first-order valence-electron chi connectivity index (χ1n) is 7.19. The standard InChI is InChI=1S/C19H20O2/c1-15(19(20)21)9-8-14-18(16-10-4-2-5-11-16)17-12-6-3-7-13-17/h2-7,10-13,18H,1,8-9,14H2,(H,20,21). The van der Waals surface area contributed by atoms with E-state index in [9.17, 15) is 4.79 Å². The molecule has 0 saturated carbocycles.